The van der Waals surface area contributed by atoms with E-state index in [-0.39, 0.29) is 58.7 Å². The van der Waals surface area contributed by atoms with Crippen molar-refractivity contribution in [3.63, 3.8) is 0 Å². The van der Waals surface area contributed by atoms with E-state index in [1.165, 1.54) is 61.0 Å². The van der Waals surface area contributed by atoms with Gasteiger partial charge in [-0.25, -0.2) is 29.9 Å². The summed E-state index contributed by atoms with van der Waals surface area (Å²) in [6, 6.07) is 38.8. The van der Waals surface area contributed by atoms with Gasteiger partial charge in [0.1, 0.15) is 65.0 Å². The number of nitrogens with zero attached hydrogens (tertiary/aromatic N) is 18. The lowest BCUT2D eigenvalue weighted by molar-refractivity contribution is -0.120. The second-order valence-corrected chi connectivity index (χ2v) is 38.4. The Labute approximate surface area is 856 Å². The Kier molecular flexibility index (Phi) is 33.1. The van der Waals surface area contributed by atoms with Crippen LogP contribution in [-0.4, -0.2) is 238 Å². The highest BCUT2D eigenvalue weighted by Gasteiger charge is 2.38. The zero-order chi connectivity index (χ0) is 103. The number of aromatic nitrogens is 18. The summed E-state index contributed by atoms with van der Waals surface area (Å²) in [5.41, 5.74) is 11.6. The number of likely N-dealkylation sites (N-methyl/N-ethyl adjacent to an activating group) is 5. The van der Waals surface area contributed by atoms with E-state index in [0.717, 1.165) is 92.5 Å². The van der Waals surface area contributed by atoms with E-state index in [1.807, 2.05) is 147 Å². The standard InChI is InChI=1S/3C21H18N6O2S.C21H23N5O2.C20H21N5O2S/c1-13-23-19(26-25-13)20(28)24-16-12-30-18-6-5-15(11-17(18)27(2)21(16)29)4-3-14-7-9-22-10-8-14;1-13-23-19(26-25-13)20(28)24-16-12-30-18-8-7-14(10-17(18)27(2)21(16)29)5-6-15-4-3-9-22-11-15;1-13-23-19(26-25-13)20(28)24-16-12-30-18-9-7-14(11-17(18)27(2)21(16)29)6-8-15-5-3-4-10-22-15;1-3-18-23-19(25-24-18)20(27)22-16-11-10-15-9-8-14(7-6-13-4-5-13)12-17(15)26(2)21(16)28;1-3-17-22-18(24-23-17)19(26)21-14-11-28-16-9-8-13(7-6-12-4-5-12)10-15(16)25(2)20(14)27/h5-11,16H,12H2,1-2H3,(H,24,28)(H,23,25,26);3-4,7-11,16H,12H2,1-2H3,(H,24,28)(H,23,25,26);3-5,7,9-11,16H,12H2,1-2H3,(H,24,28)(H,23,25,26);8-9,12-13,16H,3-5,10-11H2,1-2H3,(H,22,27)(H,23,24,25);8-10,12,14H,3-5,11H2,1-2H3,(H,21,26)(H,22,23,24)/t4*16-;14-/m00000/s1. The van der Waals surface area contributed by atoms with Crippen LogP contribution in [0.4, 0.5) is 28.4 Å². The molecule has 146 heavy (non-hydrogen) atoms. The van der Waals surface area contributed by atoms with Crippen LogP contribution in [0, 0.1) is 91.8 Å². The van der Waals surface area contributed by atoms with Crippen molar-refractivity contribution in [2.45, 2.75) is 136 Å². The zero-order valence-corrected chi connectivity index (χ0v) is 84.1. The van der Waals surface area contributed by atoms with Crippen molar-refractivity contribution < 1.29 is 47.9 Å². The lowest BCUT2D eigenvalue weighted by Gasteiger charge is -2.22. The van der Waals surface area contributed by atoms with E-state index in [4.69, 9.17) is 0 Å². The molecule has 10 N–H and O–H groups in total. The first-order chi connectivity index (χ1) is 70.6. The van der Waals surface area contributed by atoms with Crippen molar-refractivity contribution in [1.29, 1.82) is 0 Å². The number of aryl methyl sites for hydroxylation is 6. The van der Waals surface area contributed by atoms with Gasteiger partial charge in [-0.05, 0) is 192 Å². The van der Waals surface area contributed by atoms with E-state index in [9.17, 15) is 47.9 Å². The topological polar surface area (TPSA) is 494 Å². The molecule has 2 saturated carbocycles. The Morgan fingerprint density at radius 2 is 0.685 bits per heavy atom. The molecule has 42 heteroatoms. The van der Waals surface area contributed by atoms with Crippen LogP contribution in [0.1, 0.15) is 178 Å². The van der Waals surface area contributed by atoms with Gasteiger partial charge in [-0.1, -0.05) is 79.3 Å². The van der Waals surface area contributed by atoms with Crippen LogP contribution in [0.2, 0.25) is 0 Å². The molecule has 10 amide bonds. The molecular weight excluding hydrogens is 1930 g/mol. The second-order valence-electron chi connectivity index (χ2n) is 34.2. The molecular formula is C104H98N28O10S4. The minimum atomic E-state index is -0.693. The normalized spacial score (nSPS) is 16.8. The van der Waals surface area contributed by atoms with E-state index >= 15 is 0 Å². The predicted octanol–water partition coefficient (Wildman–Crippen LogP) is 9.16. The SMILES string of the molecule is CCc1nc(C(=O)N[C@H]2CCc3ccc(C#CC4CC4)cc3N(C)C2=O)n[nH]1.CCc1nc(C(=O)N[C@H]2CSc3ccc(C#CC4CC4)cc3N(C)C2=O)n[nH]1.Cc1nc(C(=O)N[C@H]2CSc3ccc(C#Cc4ccccn4)cc3N(C)C2=O)n[nH]1.Cc1nc(C(=O)N[C@H]2CSc3ccc(C#Cc4cccnc4)cc3N(C)C2=O)n[nH]1.Cc1nc(C(=O)N[C@H]2CSc3ccc(C#Cc4ccncc4)cc3N(C)C2=O)n[nH]1. The molecule has 5 aliphatic heterocycles. The van der Waals surface area contributed by atoms with E-state index in [0.29, 0.717) is 95.3 Å². The molecule has 0 radical (unpaired) electrons. The minimum Gasteiger partial charge on any atom is -0.337 e. The summed E-state index contributed by atoms with van der Waals surface area (Å²) in [7, 11) is 8.56. The summed E-state index contributed by atoms with van der Waals surface area (Å²) in [6.45, 7) is 8.95. The average Bonchev–Trinajstić information content (AvgIpc) is 1.65. The van der Waals surface area contributed by atoms with Gasteiger partial charge in [0.25, 0.3) is 29.5 Å². The van der Waals surface area contributed by atoms with Crippen molar-refractivity contribution in [2.75, 3.05) is 82.7 Å². The second kappa shape index (κ2) is 47.4. The monoisotopic (exact) mass is 2030 g/mol. The van der Waals surface area contributed by atoms with Gasteiger partial charge in [0, 0.05) is 178 Å². The number of carbonyl (C=O) groups is 10. The largest absolute Gasteiger partial charge is 0.337 e. The number of aromatic amines is 5. The molecule has 20 rings (SSSR count). The quantitative estimate of drug-likeness (QED) is 0.0509. The van der Waals surface area contributed by atoms with Gasteiger partial charge in [-0.3, -0.25) is 83.4 Å². The molecule has 0 unspecified atom stereocenters. The number of nitrogens with one attached hydrogen (secondary N) is 10. The fourth-order valence-corrected chi connectivity index (χ4v) is 19.2. The van der Waals surface area contributed by atoms with Crippen LogP contribution >= 0.6 is 47.0 Å². The van der Waals surface area contributed by atoms with E-state index in [2.05, 4.69) is 177 Å². The minimum absolute atomic E-state index is 0.0156. The lowest BCUT2D eigenvalue weighted by atomic mass is 10.0. The molecule has 5 atom stereocenters. The number of thioether (sulfide) groups is 4. The molecule has 5 aromatic carbocycles. The van der Waals surface area contributed by atoms with Gasteiger partial charge >= 0.3 is 0 Å². The Balaban J connectivity index is 0.000000131. The number of amides is 10. The van der Waals surface area contributed by atoms with Crippen LogP contribution in [0.15, 0.2) is 184 Å². The highest BCUT2D eigenvalue weighted by Crippen LogP contribution is 2.40. The maximum Gasteiger partial charge on any atom is 0.291 e. The van der Waals surface area contributed by atoms with Gasteiger partial charge in [0.15, 0.2) is 0 Å². The molecule has 7 aliphatic rings. The van der Waals surface area contributed by atoms with Crippen molar-refractivity contribution in [2.24, 2.45) is 11.8 Å². The molecule has 2 aliphatic carbocycles. The summed E-state index contributed by atoms with van der Waals surface area (Å²) in [6.07, 6.45) is 15.7. The number of rotatable bonds is 12. The number of anilines is 5. The molecule has 13 aromatic rings. The first-order valence-electron chi connectivity index (χ1n) is 46.6. The Morgan fingerprint density at radius 1 is 0.342 bits per heavy atom. The van der Waals surface area contributed by atoms with Crippen LogP contribution in [-0.2, 0) is 43.2 Å². The Bertz CT molecular complexity index is 6890. The Hall–Kier alpha value is -16.9. The van der Waals surface area contributed by atoms with Crippen LogP contribution in [0.5, 0.6) is 0 Å². The summed E-state index contributed by atoms with van der Waals surface area (Å²) in [5.74, 6) is 33.9. The van der Waals surface area contributed by atoms with Gasteiger partial charge in [-0.2, -0.15) is 0 Å². The summed E-state index contributed by atoms with van der Waals surface area (Å²) >= 11 is 6.06. The van der Waals surface area contributed by atoms with Gasteiger partial charge in [0.05, 0.1) is 22.7 Å². The predicted molar refractivity (Wildman–Crippen MR) is 551 cm³/mol. The molecule has 0 bridgehead atoms. The number of fused-ring (bicyclic) bond motifs is 5. The average molecular weight is 2030 g/mol. The van der Waals surface area contributed by atoms with Crippen molar-refractivity contribution in [3.8, 4) is 59.2 Å². The summed E-state index contributed by atoms with van der Waals surface area (Å²) < 4.78 is 0. The molecule has 0 spiro atoms. The fraction of sp³-hybridized carbons (Fsp3) is 0.279. The van der Waals surface area contributed by atoms with Crippen molar-refractivity contribution in [3.05, 3.63) is 273 Å². The Morgan fingerprint density at radius 3 is 1.04 bits per heavy atom. The van der Waals surface area contributed by atoms with Gasteiger partial charge < -0.3 is 51.1 Å². The summed E-state index contributed by atoms with van der Waals surface area (Å²) in [4.78, 5) is 171. The van der Waals surface area contributed by atoms with Crippen LogP contribution < -0.4 is 51.1 Å². The first kappa shape index (κ1) is 102. The van der Waals surface area contributed by atoms with Crippen LogP contribution in [0.25, 0.3) is 0 Å². The van der Waals surface area contributed by atoms with Crippen molar-refractivity contribution in [1.82, 2.24) is 117 Å². The maximum absolute atomic E-state index is 13.0. The van der Waals surface area contributed by atoms with E-state index < -0.39 is 59.7 Å². The molecule has 38 nitrogen and oxygen atoms in total. The highest BCUT2D eigenvalue weighted by molar-refractivity contribution is 8.00. The third-order valence-electron chi connectivity index (χ3n) is 23.3. The van der Waals surface area contributed by atoms with Gasteiger partial charge in [0.2, 0.25) is 58.7 Å². The van der Waals surface area contributed by atoms with Crippen molar-refractivity contribution >= 4 is 135 Å². The number of carbonyl (C=O) groups excluding carboxylic acids is 10. The smallest absolute Gasteiger partial charge is 0.291 e. The summed E-state index contributed by atoms with van der Waals surface area (Å²) in [5, 5.41) is 46.4. The highest BCUT2D eigenvalue weighted by atomic mass is 32.2. The molecule has 0 saturated heterocycles. The zero-order valence-electron chi connectivity index (χ0n) is 80.9. The fourth-order valence-electron chi connectivity index (χ4n) is 14.9. The van der Waals surface area contributed by atoms with Gasteiger partial charge in [-0.15, -0.1) is 72.5 Å². The molecule has 2 fully saturated rings. The maximum atomic E-state index is 13.0. The lowest BCUT2D eigenvalue weighted by Crippen LogP contribution is -2.48. The third kappa shape index (κ3) is 26.3. The number of pyridine rings is 3. The first-order valence-corrected chi connectivity index (χ1v) is 50.5. The molecule has 738 valence electrons. The van der Waals surface area contributed by atoms with Crippen LogP contribution in [0.3, 0.4) is 0 Å². The molecule has 13 heterocycles. The van der Waals surface area contributed by atoms with E-state index in [1.54, 1.807) is 123 Å². The number of hydrogen-bond acceptors (Lipinski definition) is 27. The number of hydrogen-bond donors (Lipinski definition) is 10. The number of H-pyrrole nitrogens is 5. The molecule has 8 aromatic heterocycles. The number of benzene rings is 5. The third-order valence-corrected chi connectivity index (χ3v) is 27.9.